The van der Waals surface area contributed by atoms with E-state index in [1.54, 1.807) is 0 Å². The van der Waals surface area contributed by atoms with Gasteiger partial charge in [-0.25, -0.2) is 0 Å². The van der Waals surface area contributed by atoms with Crippen molar-refractivity contribution in [3.05, 3.63) is 102 Å². The van der Waals surface area contributed by atoms with Crippen molar-refractivity contribution >= 4 is 0 Å². The third kappa shape index (κ3) is 1.96. The highest BCUT2D eigenvalue weighted by atomic mass is 16.3. The van der Waals surface area contributed by atoms with Crippen LogP contribution >= 0.6 is 0 Å². The van der Waals surface area contributed by atoms with Gasteiger partial charge in [-0.3, -0.25) is 0 Å². The van der Waals surface area contributed by atoms with Crippen LogP contribution in [-0.4, -0.2) is 5.11 Å². The lowest BCUT2D eigenvalue weighted by Gasteiger charge is -2.19. The zero-order chi connectivity index (χ0) is 15.0. The molecule has 0 saturated heterocycles. The molecule has 2 heteroatoms. The molecule has 1 aromatic heterocycles. The Labute approximate surface area is 130 Å². The molecule has 1 aliphatic rings. The number of benzene rings is 2. The van der Waals surface area contributed by atoms with Crippen LogP contribution in [0.1, 0.15) is 29.3 Å². The summed E-state index contributed by atoms with van der Waals surface area (Å²) in [7, 11) is 0. The van der Waals surface area contributed by atoms with E-state index in [-0.39, 0.29) is 6.04 Å². The highest BCUT2D eigenvalue weighted by Crippen LogP contribution is 2.41. The van der Waals surface area contributed by atoms with Crippen LogP contribution in [0, 0.1) is 0 Å². The molecule has 0 fully saturated rings. The Morgan fingerprint density at radius 2 is 1.45 bits per heavy atom. The van der Waals surface area contributed by atoms with E-state index in [1.165, 1.54) is 5.56 Å². The van der Waals surface area contributed by atoms with Crippen LogP contribution < -0.4 is 4.57 Å². The predicted molar refractivity (Wildman–Crippen MR) is 85.3 cm³/mol. The van der Waals surface area contributed by atoms with Gasteiger partial charge >= 0.3 is 0 Å². The molecule has 2 atom stereocenters. The molecule has 0 spiro atoms. The summed E-state index contributed by atoms with van der Waals surface area (Å²) in [6.07, 6.45) is 2.72. The predicted octanol–water partition coefficient (Wildman–Crippen LogP) is 3.20. The second-order valence-corrected chi connectivity index (χ2v) is 5.85. The lowest BCUT2D eigenvalue weighted by molar-refractivity contribution is -0.708. The highest BCUT2D eigenvalue weighted by molar-refractivity contribution is 5.33. The van der Waals surface area contributed by atoms with Crippen LogP contribution in [0.5, 0.6) is 0 Å². The first-order valence-corrected chi connectivity index (χ1v) is 7.62. The number of fused-ring (bicyclic) bond motifs is 1. The van der Waals surface area contributed by atoms with Crippen LogP contribution in [0.4, 0.5) is 0 Å². The molecule has 2 heterocycles. The number of nitrogens with zero attached hydrogens (tertiary/aromatic N) is 1. The molecule has 0 saturated carbocycles. The van der Waals surface area contributed by atoms with Crippen molar-refractivity contribution in [3.8, 4) is 0 Å². The number of aliphatic hydroxyl groups is 1. The maximum Gasteiger partial charge on any atom is 0.218 e. The van der Waals surface area contributed by atoms with Gasteiger partial charge in [0.15, 0.2) is 17.8 Å². The molecule has 0 aliphatic carbocycles. The Hall–Kier alpha value is -2.45. The number of aromatic nitrogens is 1. The Kier molecular flexibility index (Phi) is 3.05. The topological polar surface area (TPSA) is 24.1 Å². The van der Waals surface area contributed by atoms with E-state index in [4.69, 9.17) is 0 Å². The number of hydrogen-bond donors (Lipinski definition) is 1. The van der Waals surface area contributed by atoms with E-state index in [2.05, 4.69) is 35.0 Å². The molecule has 1 aliphatic heterocycles. The van der Waals surface area contributed by atoms with Gasteiger partial charge in [0.25, 0.3) is 0 Å². The molecular weight excluding hydrogens is 270 g/mol. The normalized spacial score (nSPS) is 23.2. The van der Waals surface area contributed by atoms with Gasteiger partial charge in [0.2, 0.25) is 5.69 Å². The summed E-state index contributed by atoms with van der Waals surface area (Å²) in [5, 5.41) is 11.4. The maximum atomic E-state index is 11.4. The molecule has 0 amide bonds. The third-order valence-electron chi connectivity index (χ3n) is 4.57. The number of hydrogen-bond acceptors (Lipinski definition) is 1. The molecule has 0 bridgehead atoms. The number of pyridine rings is 1. The van der Waals surface area contributed by atoms with Crippen molar-refractivity contribution in [2.45, 2.75) is 18.1 Å². The number of rotatable bonds is 2. The van der Waals surface area contributed by atoms with Crippen LogP contribution in [0.15, 0.2) is 85.1 Å². The van der Waals surface area contributed by atoms with E-state index in [0.717, 1.165) is 11.3 Å². The van der Waals surface area contributed by atoms with Crippen molar-refractivity contribution < 1.29 is 9.67 Å². The van der Waals surface area contributed by atoms with Crippen molar-refractivity contribution in [2.24, 2.45) is 0 Å². The van der Waals surface area contributed by atoms with E-state index in [9.17, 15) is 5.11 Å². The molecule has 0 radical (unpaired) electrons. The molecule has 108 valence electrons. The maximum absolute atomic E-state index is 11.4. The highest BCUT2D eigenvalue weighted by Gasteiger charge is 2.51. The molecule has 1 N–H and O–H groups in total. The first kappa shape index (κ1) is 13.2. The molecule has 2 aromatic carbocycles. The van der Waals surface area contributed by atoms with Crippen LogP contribution in [0.25, 0.3) is 0 Å². The zero-order valence-corrected chi connectivity index (χ0v) is 12.3. The zero-order valence-electron chi connectivity index (χ0n) is 12.3. The van der Waals surface area contributed by atoms with Crippen molar-refractivity contribution in [2.75, 3.05) is 0 Å². The van der Waals surface area contributed by atoms with Crippen LogP contribution in [-0.2, 0) is 5.60 Å². The fourth-order valence-electron chi connectivity index (χ4n) is 3.49. The minimum Gasteiger partial charge on any atom is -0.374 e. The molecule has 22 heavy (non-hydrogen) atoms. The van der Waals surface area contributed by atoms with Crippen molar-refractivity contribution in [1.82, 2.24) is 0 Å². The van der Waals surface area contributed by atoms with Gasteiger partial charge in [-0.1, -0.05) is 60.7 Å². The van der Waals surface area contributed by atoms with Gasteiger partial charge in [-0.15, -0.1) is 0 Å². The third-order valence-corrected chi connectivity index (χ3v) is 4.57. The Morgan fingerprint density at radius 1 is 0.818 bits per heavy atom. The second kappa shape index (κ2) is 5.08. The second-order valence-electron chi connectivity index (χ2n) is 5.85. The van der Waals surface area contributed by atoms with Crippen LogP contribution in [0.3, 0.4) is 0 Å². The first-order valence-electron chi connectivity index (χ1n) is 7.62. The quantitative estimate of drug-likeness (QED) is 0.719. The smallest absolute Gasteiger partial charge is 0.218 e. The van der Waals surface area contributed by atoms with Gasteiger partial charge in [-0.05, 0) is 11.6 Å². The van der Waals surface area contributed by atoms with E-state index in [1.807, 2.05) is 54.6 Å². The standard InChI is InChI=1S/C20H18NO/c22-20(17-11-5-2-6-12-17)15-18(16-9-3-1-4-10-16)21-14-8-7-13-19(20)21/h1-14,18,22H,15H2/q+1. The van der Waals surface area contributed by atoms with E-state index >= 15 is 0 Å². The van der Waals surface area contributed by atoms with Gasteiger partial charge < -0.3 is 5.11 Å². The Bertz CT molecular complexity index is 785. The van der Waals surface area contributed by atoms with E-state index < -0.39 is 5.60 Å². The van der Waals surface area contributed by atoms with Gasteiger partial charge in [0.1, 0.15) is 0 Å². The molecule has 4 rings (SSSR count). The first-order chi connectivity index (χ1) is 10.8. The van der Waals surface area contributed by atoms with Gasteiger partial charge in [0.05, 0.1) is 6.42 Å². The SMILES string of the molecule is OC1(c2ccccc2)CC(c2ccccc2)[n+]2ccccc21. The lowest BCUT2D eigenvalue weighted by Crippen LogP contribution is -2.39. The molecular formula is C20H18NO+. The monoisotopic (exact) mass is 288 g/mol. The van der Waals surface area contributed by atoms with Crippen molar-refractivity contribution in [1.29, 1.82) is 0 Å². The summed E-state index contributed by atoms with van der Waals surface area (Å²) in [4.78, 5) is 0. The van der Waals surface area contributed by atoms with Gasteiger partial charge in [-0.2, -0.15) is 4.57 Å². The van der Waals surface area contributed by atoms with Crippen molar-refractivity contribution in [3.63, 3.8) is 0 Å². The largest absolute Gasteiger partial charge is 0.374 e. The minimum atomic E-state index is -0.941. The Balaban J connectivity index is 1.88. The summed E-state index contributed by atoms with van der Waals surface area (Å²) in [6.45, 7) is 0. The summed E-state index contributed by atoms with van der Waals surface area (Å²) in [6, 6.07) is 26.5. The molecule has 2 nitrogen and oxygen atoms in total. The fourth-order valence-corrected chi connectivity index (χ4v) is 3.49. The van der Waals surface area contributed by atoms with E-state index in [0.29, 0.717) is 6.42 Å². The van der Waals surface area contributed by atoms with Gasteiger partial charge in [0, 0.05) is 17.7 Å². The summed E-state index contributed by atoms with van der Waals surface area (Å²) >= 11 is 0. The summed E-state index contributed by atoms with van der Waals surface area (Å²) < 4.78 is 2.20. The summed E-state index contributed by atoms with van der Waals surface area (Å²) in [5.74, 6) is 0. The average Bonchev–Trinajstić information content (AvgIpc) is 2.91. The average molecular weight is 288 g/mol. The van der Waals surface area contributed by atoms with Crippen LogP contribution in [0.2, 0.25) is 0 Å². The lowest BCUT2D eigenvalue weighted by atomic mass is 9.86. The summed E-state index contributed by atoms with van der Waals surface area (Å²) in [5.41, 5.74) is 2.19. The molecule has 3 aromatic rings. The minimum absolute atomic E-state index is 0.155. The molecule has 2 unspecified atom stereocenters. The Morgan fingerprint density at radius 3 is 2.18 bits per heavy atom. The fraction of sp³-hybridized carbons (Fsp3) is 0.150.